The number of hydrogen-bond acceptors (Lipinski definition) is 5. The third-order valence-corrected chi connectivity index (χ3v) is 5.17. The molecule has 5 nitrogen and oxygen atoms in total. The highest BCUT2D eigenvalue weighted by Gasteiger charge is 2.19. The molecule has 28 heavy (non-hydrogen) atoms. The van der Waals surface area contributed by atoms with E-state index in [9.17, 15) is 4.79 Å². The highest BCUT2D eigenvalue weighted by atomic mass is 16.1. The van der Waals surface area contributed by atoms with Gasteiger partial charge in [-0.3, -0.25) is 4.79 Å². The van der Waals surface area contributed by atoms with E-state index in [0.717, 1.165) is 29.9 Å². The number of nitrogens with two attached hydrogens (primary N) is 1. The number of piperidine rings is 1. The van der Waals surface area contributed by atoms with Crippen molar-refractivity contribution in [2.75, 3.05) is 23.7 Å². The Balaban J connectivity index is 1.61. The van der Waals surface area contributed by atoms with Crippen LogP contribution in [0.3, 0.4) is 0 Å². The van der Waals surface area contributed by atoms with E-state index in [0.29, 0.717) is 5.69 Å². The second-order valence-corrected chi connectivity index (χ2v) is 7.13. The molecule has 2 aromatic carbocycles. The summed E-state index contributed by atoms with van der Waals surface area (Å²) in [5, 5.41) is 0. The van der Waals surface area contributed by atoms with Crippen LogP contribution in [0.1, 0.15) is 35.3 Å². The van der Waals surface area contributed by atoms with Crippen LogP contribution in [0.5, 0.6) is 0 Å². The first kappa shape index (κ1) is 18.2. The van der Waals surface area contributed by atoms with E-state index in [1.54, 1.807) is 6.20 Å². The molecular weight excluding hydrogens is 348 g/mol. The number of carbonyl (C=O) groups is 1. The minimum atomic E-state index is -0.104. The lowest BCUT2D eigenvalue weighted by Crippen LogP contribution is -2.30. The standard InChI is InChI=1S/C23H24N4O/c24-23-22(26-19(16-25-23)17-9-3-1-4-10-17)21(28)15-18-11-5-6-12-20(18)27-13-7-2-8-14-27/h1,3-6,9-12,16H,2,7-8,13-15H2,(H2,24,25). The maximum atomic E-state index is 13.1. The molecule has 0 spiro atoms. The van der Waals surface area contributed by atoms with Crippen molar-refractivity contribution in [3.63, 3.8) is 0 Å². The van der Waals surface area contributed by atoms with Crippen LogP contribution in [0.15, 0.2) is 60.8 Å². The summed E-state index contributed by atoms with van der Waals surface area (Å²) < 4.78 is 0. The zero-order valence-electron chi connectivity index (χ0n) is 15.8. The summed E-state index contributed by atoms with van der Waals surface area (Å²) in [6, 6.07) is 17.8. The predicted octanol–water partition coefficient (Wildman–Crippen LogP) is 4.14. The number of ketones is 1. The van der Waals surface area contributed by atoms with Crippen LogP contribution in [0.25, 0.3) is 11.3 Å². The Labute approximate surface area is 165 Å². The molecule has 0 aliphatic carbocycles. The van der Waals surface area contributed by atoms with Gasteiger partial charge in [0.25, 0.3) is 0 Å². The van der Waals surface area contributed by atoms with E-state index in [-0.39, 0.29) is 23.7 Å². The van der Waals surface area contributed by atoms with Crippen LogP contribution in [0, 0.1) is 0 Å². The third kappa shape index (κ3) is 3.88. The second-order valence-electron chi connectivity index (χ2n) is 7.13. The molecule has 3 aromatic rings. The van der Waals surface area contributed by atoms with Gasteiger partial charge in [0.05, 0.1) is 11.9 Å². The Morgan fingerprint density at radius 1 is 0.964 bits per heavy atom. The number of nitrogens with zero attached hydrogens (tertiary/aromatic N) is 3. The molecule has 2 heterocycles. The Morgan fingerprint density at radius 2 is 1.68 bits per heavy atom. The highest BCUT2D eigenvalue weighted by molar-refractivity contribution is 6.00. The van der Waals surface area contributed by atoms with E-state index in [4.69, 9.17) is 5.73 Å². The SMILES string of the molecule is Nc1ncc(-c2ccccc2)nc1C(=O)Cc1ccccc1N1CCCCC1. The third-order valence-electron chi connectivity index (χ3n) is 5.17. The quantitative estimate of drug-likeness (QED) is 0.682. The van der Waals surface area contributed by atoms with Crippen molar-refractivity contribution in [3.05, 3.63) is 72.1 Å². The van der Waals surface area contributed by atoms with E-state index < -0.39 is 0 Å². The topological polar surface area (TPSA) is 72.1 Å². The number of carbonyl (C=O) groups excluding carboxylic acids is 1. The number of aromatic nitrogens is 2. The molecule has 1 fully saturated rings. The minimum absolute atomic E-state index is 0.104. The van der Waals surface area contributed by atoms with Crippen LogP contribution in [0.4, 0.5) is 11.5 Å². The molecule has 1 aromatic heterocycles. The Kier molecular flexibility index (Phi) is 5.33. The first-order chi connectivity index (χ1) is 13.7. The predicted molar refractivity (Wildman–Crippen MR) is 112 cm³/mol. The van der Waals surface area contributed by atoms with Crippen molar-refractivity contribution in [3.8, 4) is 11.3 Å². The second kappa shape index (κ2) is 8.21. The lowest BCUT2D eigenvalue weighted by atomic mass is 10.0. The van der Waals surface area contributed by atoms with Gasteiger partial charge < -0.3 is 10.6 Å². The Morgan fingerprint density at radius 3 is 2.46 bits per heavy atom. The number of nitrogen functional groups attached to an aromatic ring is 1. The van der Waals surface area contributed by atoms with E-state index in [2.05, 4.69) is 20.9 Å². The molecule has 0 amide bonds. The van der Waals surface area contributed by atoms with Gasteiger partial charge in [0.1, 0.15) is 5.69 Å². The smallest absolute Gasteiger partial charge is 0.189 e. The molecule has 0 saturated carbocycles. The summed E-state index contributed by atoms with van der Waals surface area (Å²) in [6.07, 6.45) is 5.54. The zero-order chi connectivity index (χ0) is 19.3. The van der Waals surface area contributed by atoms with Crippen LogP contribution in [0.2, 0.25) is 0 Å². The molecule has 0 bridgehead atoms. The molecule has 1 saturated heterocycles. The molecule has 5 heteroatoms. The summed E-state index contributed by atoms with van der Waals surface area (Å²) in [6.45, 7) is 2.08. The number of benzene rings is 2. The van der Waals surface area contributed by atoms with Gasteiger partial charge in [-0.05, 0) is 30.9 Å². The van der Waals surface area contributed by atoms with Crippen molar-refractivity contribution in [1.82, 2.24) is 9.97 Å². The van der Waals surface area contributed by atoms with Crippen LogP contribution in [-0.2, 0) is 6.42 Å². The first-order valence-corrected chi connectivity index (χ1v) is 9.76. The average molecular weight is 372 g/mol. The fourth-order valence-electron chi connectivity index (χ4n) is 3.71. The fraction of sp³-hybridized carbons (Fsp3) is 0.261. The van der Waals surface area contributed by atoms with Crippen LogP contribution in [-0.4, -0.2) is 28.8 Å². The molecule has 0 radical (unpaired) electrons. The van der Waals surface area contributed by atoms with Crippen molar-refractivity contribution in [2.45, 2.75) is 25.7 Å². The van der Waals surface area contributed by atoms with Gasteiger partial charge >= 0.3 is 0 Å². The van der Waals surface area contributed by atoms with Crippen LogP contribution >= 0.6 is 0 Å². The largest absolute Gasteiger partial charge is 0.382 e. The van der Waals surface area contributed by atoms with Crippen LogP contribution < -0.4 is 10.6 Å². The van der Waals surface area contributed by atoms with Crippen molar-refractivity contribution < 1.29 is 4.79 Å². The number of hydrogen-bond donors (Lipinski definition) is 1. The molecular formula is C23H24N4O. The monoisotopic (exact) mass is 372 g/mol. The maximum absolute atomic E-state index is 13.1. The van der Waals surface area contributed by atoms with Gasteiger partial charge in [-0.2, -0.15) is 0 Å². The van der Waals surface area contributed by atoms with Crippen molar-refractivity contribution in [1.29, 1.82) is 0 Å². The summed E-state index contributed by atoms with van der Waals surface area (Å²) in [5.41, 5.74) is 9.97. The van der Waals surface area contributed by atoms with Gasteiger partial charge in [-0.25, -0.2) is 9.97 Å². The number of anilines is 2. The Bertz CT molecular complexity index is 965. The molecule has 0 atom stereocenters. The molecule has 0 unspecified atom stereocenters. The average Bonchev–Trinajstić information content (AvgIpc) is 2.75. The lowest BCUT2D eigenvalue weighted by molar-refractivity contribution is 0.0989. The number of para-hydroxylation sites is 1. The Hall–Kier alpha value is -3.21. The lowest BCUT2D eigenvalue weighted by Gasteiger charge is -2.30. The van der Waals surface area contributed by atoms with Crippen molar-refractivity contribution in [2.24, 2.45) is 0 Å². The molecule has 4 rings (SSSR count). The van der Waals surface area contributed by atoms with E-state index in [1.165, 1.54) is 19.3 Å². The summed E-state index contributed by atoms with van der Waals surface area (Å²) >= 11 is 0. The zero-order valence-corrected chi connectivity index (χ0v) is 15.8. The van der Waals surface area contributed by atoms with E-state index in [1.807, 2.05) is 48.5 Å². The molecule has 1 aliphatic rings. The highest BCUT2D eigenvalue weighted by Crippen LogP contribution is 2.26. The number of rotatable bonds is 5. The molecule has 2 N–H and O–H groups in total. The normalized spacial score (nSPS) is 14.1. The summed E-state index contributed by atoms with van der Waals surface area (Å²) in [5.74, 6) is 0.0763. The fourth-order valence-corrected chi connectivity index (χ4v) is 3.71. The first-order valence-electron chi connectivity index (χ1n) is 9.76. The minimum Gasteiger partial charge on any atom is -0.382 e. The van der Waals surface area contributed by atoms with Gasteiger partial charge in [0.2, 0.25) is 0 Å². The number of Topliss-reactive ketones (excluding diaryl/α,β-unsaturated/α-hetero) is 1. The summed E-state index contributed by atoms with van der Waals surface area (Å²) in [4.78, 5) is 24.2. The van der Waals surface area contributed by atoms with Gasteiger partial charge in [0, 0.05) is 30.8 Å². The molecule has 142 valence electrons. The molecule has 1 aliphatic heterocycles. The summed E-state index contributed by atoms with van der Waals surface area (Å²) in [7, 11) is 0. The van der Waals surface area contributed by atoms with Gasteiger partial charge in [-0.15, -0.1) is 0 Å². The maximum Gasteiger partial charge on any atom is 0.189 e. The van der Waals surface area contributed by atoms with Gasteiger partial charge in [0.15, 0.2) is 11.6 Å². The van der Waals surface area contributed by atoms with Crippen molar-refractivity contribution >= 4 is 17.3 Å². The van der Waals surface area contributed by atoms with Gasteiger partial charge in [-0.1, -0.05) is 48.5 Å². The van der Waals surface area contributed by atoms with E-state index >= 15 is 0 Å².